The zero-order valence-electron chi connectivity index (χ0n) is 10.9. The van der Waals surface area contributed by atoms with Crippen LogP contribution in [0.5, 0.6) is 5.75 Å². The van der Waals surface area contributed by atoms with E-state index in [1.165, 1.54) is 25.3 Å². The summed E-state index contributed by atoms with van der Waals surface area (Å²) in [5.41, 5.74) is 0.537. The number of nitrogens with one attached hydrogen (secondary N) is 1. The van der Waals surface area contributed by atoms with E-state index in [0.717, 1.165) is 12.8 Å². The van der Waals surface area contributed by atoms with E-state index in [2.05, 4.69) is 12.2 Å². The number of aromatic hydroxyl groups is 1. The Labute approximate surface area is 108 Å². The van der Waals surface area contributed by atoms with Crippen molar-refractivity contribution in [1.29, 1.82) is 0 Å². The smallest absolute Gasteiger partial charge is 0.251 e. The van der Waals surface area contributed by atoms with Gasteiger partial charge in [0.05, 0.1) is 0 Å². The van der Waals surface area contributed by atoms with Crippen molar-refractivity contribution < 1.29 is 9.90 Å². The van der Waals surface area contributed by atoms with Crippen LogP contribution in [-0.2, 0) is 0 Å². The Kier molecular flexibility index (Phi) is 4.24. The van der Waals surface area contributed by atoms with E-state index < -0.39 is 0 Å². The molecule has 1 fully saturated rings. The molecule has 1 amide bonds. The van der Waals surface area contributed by atoms with Crippen LogP contribution in [0.15, 0.2) is 24.3 Å². The first-order chi connectivity index (χ1) is 8.70. The quantitative estimate of drug-likeness (QED) is 0.862. The van der Waals surface area contributed by atoms with E-state index >= 15 is 0 Å². The SMILES string of the molecule is CCC1CCCCC1NC(=O)c1cccc(O)c1. The molecule has 0 bridgehead atoms. The molecular weight excluding hydrogens is 226 g/mol. The van der Waals surface area contributed by atoms with Gasteiger partial charge in [-0.3, -0.25) is 4.79 Å². The highest BCUT2D eigenvalue weighted by Crippen LogP contribution is 2.27. The first-order valence-electron chi connectivity index (χ1n) is 6.80. The summed E-state index contributed by atoms with van der Waals surface area (Å²) in [6.07, 6.45) is 5.87. The highest BCUT2D eigenvalue weighted by atomic mass is 16.3. The molecule has 2 N–H and O–H groups in total. The molecule has 0 heterocycles. The minimum atomic E-state index is -0.0729. The van der Waals surface area contributed by atoms with Crippen molar-refractivity contribution in [1.82, 2.24) is 5.32 Å². The third-order valence-corrected chi connectivity index (χ3v) is 3.86. The van der Waals surface area contributed by atoms with Crippen molar-refractivity contribution in [3.8, 4) is 5.75 Å². The molecule has 1 aliphatic carbocycles. The normalized spacial score (nSPS) is 23.6. The van der Waals surface area contributed by atoms with Gasteiger partial charge in [-0.25, -0.2) is 0 Å². The number of rotatable bonds is 3. The minimum Gasteiger partial charge on any atom is -0.508 e. The number of carbonyl (C=O) groups excluding carboxylic acids is 1. The number of carbonyl (C=O) groups is 1. The molecule has 3 heteroatoms. The van der Waals surface area contributed by atoms with Crippen molar-refractivity contribution in [2.75, 3.05) is 0 Å². The van der Waals surface area contributed by atoms with Gasteiger partial charge < -0.3 is 10.4 Å². The molecule has 1 aliphatic rings. The van der Waals surface area contributed by atoms with E-state index in [1.54, 1.807) is 18.2 Å². The minimum absolute atomic E-state index is 0.0729. The van der Waals surface area contributed by atoms with Crippen LogP contribution >= 0.6 is 0 Å². The summed E-state index contributed by atoms with van der Waals surface area (Å²) in [5.74, 6) is 0.662. The zero-order chi connectivity index (χ0) is 13.0. The molecule has 1 aromatic rings. The molecule has 0 saturated heterocycles. The number of phenolic OH excluding ortho intramolecular Hbond substituents is 1. The van der Waals surface area contributed by atoms with Gasteiger partial charge in [0.1, 0.15) is 5.75 Å². The molecule has 0 radical (unpaired) electrons. The average molecular weight is 247 g/mol. The third-order valence-electron chi connectivity index (χ3n) is 3.86. The zero-order valence-corrected chi connectivity index (χ0v) is 10.9. The van der Waals surface area contributed by atoms with Gasteiger partial charge in [-0.1, -0.05) is 32.3 Å². The van der Waals surface area contributed by atoms with Gasteiger partial charge in [-0.2, -0.15) is 0 Å². The van der Waals surface area contributed by atoms with Crippen LogP contribution in [0.4, 0.5) is 0 Å². The van der Waals surface area contributed by atoms with Crippen LogP contribution in [-0.4, -0.2) is 17.1 Å². The van der Waals surface area contributed by atoms with E-state index in [0.29, 0.717) is 17.5 Å². The molecule has 18 heavy (non-hydrogen) atoms. The van der Waals surface area contributed by atoms with Gasteiger partial charge in [0, 0.05) is 11.6 Å². The average Bonchev–Trinajstić information content (AvgIpc) is 2.39. The van der Waals surface area contributed by atoms with Crippen LogP contribution in [0.1, 0.15) is 49.4 Å². The van der Waals surface area contributed by atoms with Crippen LogP contribution in [0.25, 0.3) is 0 Å². The summed E-state index contributed by atoms with van der Waals surface area (Å²) in [6.45, 7) is 2.18. The Morgan fingerprint density at radius 3 is 2.89 bits per heavy atom. The van der Waals surface area contributed by atoms with E-state index in [4.69, 9.17) is 0 Å². The molecule has 98 valence electrons. The summed E-state index contributed by atoms with van der Waals surface area (Å²) in [7, 11) is 0. The lowest BCUT2D eigenvalue weighted by atomic mass is 9.83. The van der Waals surface area contributed by atoms with Crippen molar-refractivity contribution in [3.63, 3.8) is 0 Å². The number of hydrogen-bond acceptors (Lipinski definition) is 2. The van der Waals surface area contributed by atoms with Gasteiger partial charge in [-0.15, -0.1) is 0 Å². The molecule has 0 spiro atoms. The summed E-state index contributed by atoms with van der Waals surface area (Å²) >= 11 is 0. The predicted octanol–water partition coefficient (Wildman–Crippen LogP) is 3.09. The number of hydrogen-bond donors (Lipinski definition) is 2. The second-order valence-electron chi connectivity index (χ2n) is 5.08. The molecule has 2 rings (SSSR count). The fourth-order valence-corrected chi connectivity index (χ4v) is 2.79. The second kappa shape index (κ2) is 5.89. The highest BCUT2D eigenvalue weighted by Gasteiger charge is 2.25. The Morgan fingerprint density at radius 1 is 1.39 bits per heavy atom. The lowest BCUT2D eigenvalue weighted by molar-refractivity contribution is 0.0904. The van der Waals surface area contributed by atoms with E-state index in [1.807, 2.05) is 0 Å². The van der Waals surface area contributed by atoms with Crippen LogP contribution in [0, 0.1) is 5.92 Å². The topological polar surface area (TPSA) is 49.3 Å². The van der Waals surface area contributed by atoms with Crippen LogP contribution < -0.4 is 5.32 Å². The third kappa shape index (κ3) is 3.03. The standard InChI is InChI=1S/C15H21NO2/c1-2-11-6-3-4-9-14(11)16-15(18)12-7-5-8-13(17)10-12/h5,7-8,10-11,14,17H,2-4,6,9H2,1H3,(H,16,18). The first-order valence-corrected chi connectivity index (χ1v) is 6.80. The summed E-state index contributed by atoms with van der Waals surface area (Å²) < 4.78 is 0. The Bertz CT molecular complexity index is 417. The molecule has 0 aliphatic heterocycles. The summed E-state index contributed by atoms with van der Waals surface area (Å²) in [4.78, 5) is 12.1. The van der Waals surface area contributed by atoms with Crippen LogP contribution in [0.3, 0.4) is 0 Å². The van der Waals surface area contributed by atoms with Crippen LogP contribution in [0.2, 0.25) is 0 Å². The maximum Gasteiger partial charge on any atom is 0.251 e. The fourth-order valence-electron chi connectivity index (χ4n) is 2.79. The lowest BCUT2D eigenvalue weighted by Crippen LogP contribution is -2.41. The van der Waals surface area contributed by atoms with Crippen molar-refractivity contribution in [3.05, 3.63) is 29.8 Å². The van der Waals surface area contributed by atoms with Crippen molar-refractivity contribution >= 4 is 5.91 Å². The molecule has 3 nitrogen and oxygen atoms in total. The maximum atomic E-state index is 12.1. The Balaban J connectivity index is 2.02. The van der Waals surface area contributed by atoms with Gasteiger partial charge in [-0.05, 0) is 37.0 Å². The summed E-state index contributed by atoms with van der Waals surface area (Å²) in [6, 6.07) is 6.81. The lowest BCUT2D eigenvalue weighted by Gasteiger charge is -2.31. The Hall–Kier alpha value is -1.51. The maximum absolute atomic E-state index is 12.1. The van der Waals surface area contributed by atoms with Gasteiger partial charge in [0.15, 0.2) is 0 Å². The second-order valence-corrected chi connectivity index (χ2v) is 5.08. The molecule has 1 aromatic carbocycles. The van der Waals surface area contributed by atoms with Gasteiger partial charge in [0.25, 0.3) is 5.91 Å². The fraction of sp³-hybridized carbons (Fsp3) is 0.533. The first kappa shape index (κ1) is 12.9. The molecule has 2 unspecified atom stereocenters. The van der Waals surface area contributed by atoms with Gasteiger partial charge >= 0.3 is 0 Å². The van der Waals surface area contributed by atoms with Crippen molar-refractivity contribution in [2.24, 2.45) is 5.92 Å². The predicted molar refractivity (Wildman–Crippen MR) is 71.6 cm³/mol. The molecule has 0 aromatic heterocycles. The number of phenols is 1. The molecule has 1 saturated carbocycles. The van der Waals surface area contributed by atoms with E-state index in [-0.39, 0.29) is 11.7 Å². The number of benzene rings is 1. The van der Waals surface area contributed by atoms with Crippen molar-refractivity contribution in [2.45, 2.75) is 45.1 Å². The highest BCUT2D eigenvalue weighted by molar-refractivity contribution is 5.94. The van der Waals surface area contributed by atoms with Gasteiger partial charge in [0.2, 0.25) is 0 Å². The van der Waals surface area contributed by atoms with E-state index in [9.17, 15) is 9.90 Å². The monoisotopic (exact) mass is 247 g/mol. The molecule has 2 atom stereocenters. The largest absolute Gasteiger partial charge is 0.508 e. The summed E-state index contributed by atoms with van der Waals surface area (Å²) in [5, 5.41) is 12.5. The Morgan fingerprint density at radius 2 is 2.17 bits per heavy atom. The number of amides is 1. The molecular formula is C15H21NO2.